The monoisotopic (exact) mass is 256 g/mol. The lowest BCUT2D eigenvalue weighted by atomic mass is 10.2. The Labute approximate surface area is 105 Å². The van der Waals surface area contributed by atoms with Crippen molar-refractivity contribution in [3.05, 3.63) is 20.8 Å². The van der Waals surface area contributed by atoms with E-state index in [1.807, 2.05) is 6.92 Å². The van der Waals surface area contributed by atoms with Crippen molar-refractivity contribution in [2.24, 2.45) is 0 Å². The van der Waals surface area contributed by atoms with Crippen LogP contribution in [0.5, 0.6) is 0 Å². The minimum Gasteiger partial charge on any atom is -0.383 e. The van der Waals surface area contributed by atoms with Gasteiger partial charge in [0.15, 0.2) is 0 Å². The molecule has 0 saturated heterocycles. The zero-order valence-corrected chi connectivity index (χ0v) is 10.9. The molecule has 1 aromatic rings. The van der Waals surface area contributed by atoms with Crippen LogP contribution in [0.2, 0.25) is 0 Å². The summed E-state index contributed by atoms with van der Waals surface area (Å²) in [7, 11) is 1.59. The maximum atomic E-state index is 11.7. The van der Waals surface area contributed by atoms with Crippen molar-refractivity contribution < 1.29 is 4.74 Å². The van der Waals surface area contributed by atoms with Gasteiger partial charge in [0.05, 0.1) is 6.61 Å². The molecule has 7 heteroatoms. The number of hydrogen-bond donors (Lipinski definition) is 3. The van der Waals surface area contributed by atoms with E-state index >= 15 is 0 Å². The number of nitrogens with one attached hydrogen (secondary N) is 2. The molecule has 0 radical (unpaired) electrons. The molecular weight excluding hydrogens is 236 g/mol. The first kappa shape index (κ1) is 14.3. The van der Waals surface area contributed by atoms with Gasteiger partial charge in [0.25, 0.3) is 5.56 Å². The fourth-order valence-corrected chi connectivity index (χ4v) is 1.71. The molecule has 0 bridgehead atoms. The van der Waals surface area contributed by atoms with E-state index in [-0.39, 0.29) is 17.5 Å². The molecular formula is C11H20N4O3. The van der Waals surface area contributed by atoms with Crippen molar-refractivity contribution in [2.45, 2.75) is 32.9 Å². The van der Waals surface area contributed by atoms with Crippen LogP contribution in [0.4, 0.5) is 11.5 Å². The van der Waals surface area contributed by atoms with Crippen molar-refractivity contribution in [2.75, 3.05) is 24.8 Å². The summed E-state index contributed by atoms with van der Waals surface area (Å²) in [5, 5.41) is 3.01. The van der Waals surface area contributed by atoms with Gasteiger partial charge in [-0.1, -0.05) is 6.92 Å². The standard InChI is InChI=1S/C11H20N4O3/c1-4-7(6-18-3)13-8-9(12)15(5-2)11(17)14-10(8)16/h7,13H,4-6,12H2,1-3H3,(H,14,16,17). The second-order valence-electron chi connectivity index (χ2n) is 3.97. The van der Waals surface area contributed by atoms with Crippen LogP contribution in [0.15, 0.2) is 9.59 Å². The smallest absolute Gasteiger partial charge is 0.330 e. The molecule has 1 rings (SSSR count). The zero-order valence-electron chi connectivity index (χ0n) is 10.9. The third-order valence-corrected chi connectivity index (χ3v) is 2.76. The first-order chi connectivity index (χ1) is 8.54. The van der Waals surface area contributed by atoms with E-state index in [0.717, 1.165) is 6.42 Å². The number of hydrogen-bond acceptors (Lipinski definition) is 5. The molecule has 18 heavy (non-hydrogen) atoms. The fourth-order valence-electron chi connectivity index (χ4n) is 1.71. The van der Waals surface area contributed by atoms with Crippen molar-refractivity contribution in [1.29, 1.82) is 0 Å². The summed E-state index contributed by atoms with van der Waals surface area (Å²) in [6, 6.07) is -0.0267. The third-order valence-electron chi connectivity index (χ3n) is 2.76. The summed E-state index contributed by atoms with van der Waals surface area (Å²) in [5.41, 5.74) is 5.06. The van der Waals surface area contributed by atoms with Gasteiger partial charge < -0.3 is 15.8 Å². The van der Waals surface area contributed by atoms with Gasteiger partial charge in [-0.3, -0.25) is 14.3 Å². The largest absolute Gasteiger partial charge is 0.383 e. The Morgan fingerprint density at radius 1 is 1.44 bits per heavy atom. The van der Waals surface area contributed by atoms with Crippen LogP contribution in [0.1, 0.15) is 20.3 Å². The van der Waals surface area contributed by atoms with Crippen molar-refractivity contribution in [3.63, 3.8) is 0 Å². The highest BCUT2D eigenvalue weighted by molar-refractivity contribution is 5.60. The Bertz CT molecular complexity index is 506. The van der Waals surface area contributed by atoms with Crippen LogP contribution >= 0.6 is 0 Å². The molecule has 0 saturated carbocycles. The Balaban J connectivity index is 3.16. The molecule has 0 fully saturated rings. The minimum atomic E-state index is -0.503. The van der Waals surface area contributed by atoms with E-state index in [1.165, 1.54) is 4.57 Å². The summed E-state index contributed by atoms with van der Waals surface area (Å²) < 4.78 is 6.35. The van der Waals surface area contributed by atoms with E-state index in [4.69, 9.17) is 10.5 Å². The highest BCUT2D eigenvalue weighted by Crippen LogP contribution is 2.12. The molecule has 0 aliphatic rings. The number of anilines is 2. The predicted molar refractivity (Wildman–Crippen MR) is 71.0 cm³/mol. The van der Waals surface area contributed by atoms with Crippen molar-refractivity contribution >= 4 is 11.5 Å². The molecule has 1 unspecified atom stereocenters. The average molecular weight is 256 g/mol. The van der Waals surface area contributed by atoms with Gasteiger partial charge >= 0.3 is 5.69 Å². The number of nitrogens with two attached hydrogens (primary N) is 1. The van der Waals surface area contributed by atoms with Crippen LogP contribution in [0, 0.1) is 0 Å². The Morgan fingerprint density at radius 3 is 2.61 bits per heavy atom. The van der Waals surface area contributed by atoms with Crippen LogP contribution < -0.4 is 22.3 Å². The lowest BCUT2D eigenvalue weighted by molar-refractivity contribution is 0.184. The molecule has 1 heterocycles. The molecule has 102 valence electrons. The number of methoxy groups -OCH3 is 1. The zero-order chi connectivity index (χ0) is 13.7. The summed E-state index contributed by atoms with van der Waals surface area (Å²) in [6.45, 7) is 4.61. The molecule has 1 aromatic heterocycles. The number of nitrogens with zero attached hydrogens (tertiary/aromatic N) is 1. The number of nitrogen functional groups attached to an aromatic ring is 1. The van der Waals surface area contributed by atoms with Crippen LogP contribution in [0.3, 0.4) is 0 Å². The molecule has 1 atom stereocenters. The number of aromatic amines is 1. The lowest BCUT2D eigenvalue weighted by Crippen LogP contribution is -2.36. The first-order valence-corrected chi connectivity index (χ1v) is 5.93. The van der Waals surface area contributed by atoms with E-state index in [0.29, 0.717) is 13.2 Å². The molecule has 4 N–H and O–H groups in total. The van der Waals surface area contributed by atoms with E-state index in [2.05, 4.69) is 10.3 Å². The molecule has 0 amide bonds. The second kappa shape index (κ2) is 6.25. The summed E-state index contributed by atoms with van der Waals surface area (Å²) >= 11 is 0. The predicted octanol–water partition coefficient (Wildman–Crippen LogP) is -0.0244. The minimum absolute atomic E-state index is 0.0267. The van der Waals surface area contributed by atoms with Gasteiger partial charge in [-0.05, 0) is 13.3 Å². The summed E-state index contributed by atoms with van der Waals surface area (Å²) in [5.74, 6) is 0.154. The molecule has 0 spiro atoms. The number of rotatable bonds is 6. The normalized spacial score (nSPS) is 12.4. The Hall–Kier alpha value is -1.76. The van der Waals surface area contributed by atoms with E-state index in [1.54, 1.807) is 14.0 Å². The molecule has 0 aromatic carbocycles. The number of aromatic nitrogens is 2. The molecule has 0 aliphatic carbocycles. The van der Waals surface area contributed by atoms with Gasteiger partial charge in [-0.2, -0.15) is 0 Å². The topological polar surface area (TPSA) is 102 Å². The van der Waals surface area contributed by atoms with Crippen molar-refractivity contribution in [1.82, 2.24) is 9.55 Å². The van der Waals surface area contributed by atoms with Crippen molar-refractivity contribution in [3.8, 4) is 0 Å². The van der Waals surface area contributed by atoms with Crippen LogP contribution in [0.25, 0.3) is 0 Å². The molecule has 0 aliphatic heterocycles. The van der Waals surface area contributed by atoms with E-state index in [9.17, 15) is 9.59 Å². The second-order valence-corrected chi connectivity index (χ2v) is 3.97. The Morgan fingerprint density at radius 2 is 2.11 bits per heavy atom. The average Bonchev–Trinajstić information content (AvgIpc) is 2.33. The maximum Gasteiger partial charge on any atom is 0.330 e. The van der Waals surface area contributed by atoms with E-state index < -0.39 is 11.2 Å². The van der Waals surface area contributed by atoms with Crippen LogP contribution in [-0.2, 0) is 11.3 Å². The van der Waals surface area contributed by atoms with Gasteiger partial charge in [0.1, 0.15) is 11.5 Å². The lowest BCUT2D eigenvalue weighted by Gasteiger charge is -2.19. The van der Waals surface area contributed by atoms with Gasteiger partial charge in [-0.15, -0.1) is 0 Å². The maximum absolute atomic E-state index is 11.7. The Kier molecular flexibility index (Phi) is 4.96. The highest BCUT2D eigenvalue weighted by Gasteiger charge is 2.14. The van der Waals surface area contributed by atoms with Crippen LogP contribution in [-0.4, -0.2) is 29.3 Å². The first-order valence-electron chi connectivity index (χ1n) is 5.93. The summed E-state index contributed by atoms with van der Waals surface area (Å²) in [6.07, 6.45) is 0.776. The number of ether oxygens (including phenoxy) is 1. The summed E-state index contributed by atoms with van der Waals surface area (Å²) in [4.78, 5) is 25.5. The molecule has 7 nitrogen and oxygen atoms in total. The quantitative estimate of drug-likeness (QED) is 0.663. The van der Waals surface area contributed by atoms with Gasteiger partial charge in [-0.25, -0.2) is 4.79 Å². The highest BCUT2D eigenvalue weighted by atomic mass is 16.5. The SMILES string of the molecule is CCC(COC)Nc1c(N)n(CC)c(=O)[nH]c1=O. The third kappa shape index (κ3) is 2.92. The fraction of sp³-hybridized carbons (Fsp3) is 0.636. The van der Waals surface area contributed by atoms with Gasteiger partial charge in [0, 0.05) is 19.7 Å². The van der Waals surface area contributed by atoms with Gasteiger partial charge in [0.2, 0.25) is 0 Å². The number of H-pyrrole nitrogens is 1.